The first-order valence-corrected chi connectivity index (χ1v) is 12.0. The van der Waals surface area contributed by atoms with Crippen molar-refractivity contribution in [2.75, 3.05) is 19.8 Å². The zero-order valence-corrected chi connectivity index (χ0v) is 19.7. The van der Waals surface area contributed by atoms with Gasteiger partial charge in [-0.3, -0.25) is 9.69 Å². The SMILES string of the molecule is O=C(C[C@@H]1CC[C@H]2[C@@H](COC[C@H](O)CN2Cc2cccc(C(F)(F)F)c2)O1)NCc1ccc(F)cc1. The highest BCUT2D eigenvalue weighted by molar-refractivity contribution is 5.76. The van der Waals surface area contributed by atoms with Gasteiger partial charge in [0, 0.05) is 25.7 Å². The molecule has 4 atom stereocenters. The first-order chi connectivity index (χ1) is 17.2. The van der Waals surface area contributed by atoms with E-state index in [0.29, 0.717) is 18.4 Å². The first-order valence-electron chi connectivity index (χ1n) is 12.0. The van der Waals surface area contributed by atoms with Crippen LogP contribution in [0.2, 0.25) is 0 Å². The monoisotopic (exact) mass is 510 g/mol. The molecule has 36 heavy (non-hydrogen) atoms. The van der Waals surface area contributed by atoms with E-state index in [9.17, 15) is 27.5 Å². The lowest BCUT2D eigenvalue weighted by Crippen LogP contribution is -2.55. The number of nitrogens with zero attached hydrogens (tertiary/aromatic N) is 1. The molecule has 0 bridgehead atoms. The number of rotatable bonds is 6. The van der Waals surface area contributed by atoms with Crippen LogP contribution in [0.1, 0.15) is 36.0 Å². The molecule has 0 radical (unpaired) electrons. The van der Waals surface area contributed by atoms with Crippen molar-refractivity contribution in [2.45, 2.75) is 62.9 Å². The molecule has 2 aliphatic rings. The van der Waals surface area contributed by atoms with Gasteiger partial charge in [-0.2, -0.15) is 13.2 Å². The molecule has 6 nitrogen and oxygen atoms in total. The molecule has 1 amide bonds. The van der Waals surface area contributed by atoms with Gasteiger partial charge in [-0.1, -0.05) is 30.3 Å². The van der Waals surface area contributed by atoms with Crippen molar-refractivity contribution in [1.29, 1.82) is 0 Å². The molecule has 2 fully saturated rings. The molecule has 0 spiro atoms. The summed E-state index contributed by atoms with van der Waals surface area (Å²) in [5.74, 6) is -0.531. The van der Waals surface area contributed by atoms with Crippen molar-refractivity contribution in [3.63, 3.8) is 0 Å². The molecule has 4 rings (SSSR count). The lowest BCUT2D eigenvalue weighted by Gasteiger charge is -2.44. The molecule has 2 aromatic carbocycles. The Kier molecular flexibility index (Phi) is 8.61. The topological polar surface area (TPSA) is 71.0 Å². The quantitative estimate of drug-likeness (QED) is 0.581. The average molecular weight is 511 g/mol. The van der Waals surface area contributed by atoms with Crippen LogP contribution in [-0.4, -0.2) is 60.0 Å². The smallest absolute Gasteiger partial charge is 0.389 e. The number of hydrogen-bond donors (Lipinski definition) is 2. The minimum absolute atomic E-state index is 0.0918. The highest BCUT2D eigenvalue weighted by Gasteiger charge is 2.38. The van der Waals surface area contributed by atoms with E-state index in [1.807, 2.05) is 4.90 Å². The van der Waals surface area contributed by atoms with Crippen molar-refractivity contribution in [2.24, 2.45) is 0 Å². The average Bonchev–Trinajstić information content (AvgIpc) is 2.82. The Balaban J connectivity index is 1.37. The van der Waals surface area contributed by atoms with Crippen LogP contribution in [0.3, 0.4) is 0 Å². The number of amides is 1. The van der Waals surface area contributed by atoms with E-state index in [0.717, 1.165) is 17.7 Å². The third-order valence-corrected chi connectivity index (χ3v) is 6.54. The van der Waals surface area contributed by atoms with E-state index in [1.54, 1.807) is 18.2 Å². The Morgan fingerprint density at radius 1 is 1.08 bits per heavy atom. The molecule has 0 aromatic heterocycles. The minimum Gasteiger partial charge on any atom is -0.389 e. The first kappa shape index (κ1) is 26.5. The molecule has 0 aliphatic carbocycles. The summed E-state index contributed by atoms with van der Waals surface area (Å²) in [6.45, 7) is 1.06. The second kappa shape index (κ2) is 11.7. The molecule has 196 valence electrons. The Morgan fingerprint density at radius 3 is 2.61 bits per heavy atom. The Morgan fingerprint density at radius 2 is 1.86 bits per heavy atom. The number of nitrogens with one attached hydrogen (secondary N) is 1. The van der Waals surface area contributed by atoms with Gasteiger partial charge in [0.25, 0.3) is 0 Å². The van der Waals surface area contributed by atoms with Crippen LogP contribution in [0, 0.1) is 5.82 Å². The number of halogens is 4. The Labute approximate surface area is 207 Å². The second-order valence-electron chi connectivity index (χ2n) is 9.37. The summed E-state index contributed by atoms with van der Waals surface area (Å²) in [6.07, 6.45) is -4.53. The highest BCUT2D eigenvalue weighted by Crippen LogP contribution is 2.32. The van der Waals surface area contributed by atoms with Gasteiger partial charge in [0.2, 0.25) is 5.91 Å². The Bertz CT molecular complexity index is 1020. The number of aliphatic hydroxyl groups excluding tert-OH is 1. The summed E-state index contributed by atoms with van der Waals surface area (Å²) >= 11 is 0. The molecule has 2 N–H and O–H groups in total. The van der Waals surface area contributed by atoms with Crippen LogP contribution in [0.4, 0.5) is 17.6 Å². The maximum Gasteiger partial charge on any atom is 0.416 e. The highest BCUT2D eigenvalue weighted by atomic mass is 19.4. The van der Waals surface area contributed by atoms with Gasteiger partial charge >= 0.3 is 6.18 Å². The molecule has 2 saturated heterocycles. The summed E-state index contributed by atoms with van der Waals surface area (Å²) in [4.78, 5) is 14.4. The number of hydrogen-bond acceptors (Lipinski definition) is 5. The van der Waals surface area contributed by atoms with E-state index in [4.69, 9.17) is 9.47 Å². The number of β-amino-alcohol motifs (C(OH)–C–C–N with tert-alkyl or cyclic N) is 1. The van der Waals surface area contributed by atoms with Gasteiger partial charge in [-0.05, 0) is 42.2 Å². The van der Waals surface area contributed by atoms with Crippen molar-refractivity contribution < 1.29 is 36.9 Å². The van der Waals surface area contributed by atoms with Crippen LogP contribution in [0.15, 0.2) is 48.5 Å². The number of benzene rings is 2. The van der Waals surface area contributed by atoms with Gasteiger partial charge in [0.1, 0.15) is 5.82 Å². The van der Waals surface area contributed by atoms with Crippen LogP contribution < -0.4 is 5.32 Å². The lowest BCUT2D eigenvalue weighted by atomic mass is 9.94. The molecule has 2 aliphatic heterocycles. The maximum atomic E-state index is 13.2. The molecule has 2 heterocycles. The summed E-state index contributed by atoms with van der Waals surface area (Å²) in [6, 6.07) is 10.9. The fourth-order valence-corrected chi connectivity index (χ4v) is 4.79. The number of aliphatic hydroxyl groups is 1. The Hall–Kier alpha value is -2.53. The third kappa shape index (κ3) is 7.25. The van der Waals surface area contributed by atoms with Gasteiger partial charge in [-0.15, -0.1) is 0 Å². The van der Waals surface area contributed by atoms with E-state index in [-0.39, 0.29) is 69.2 Å². The number of carbonyl (C=O) groups excluding carboxylic acids is 1. The van der Waals surface area contributed by atoms with Gasteiger partial charge in [0.05, 0.1) is 43.5 Å². The summed E-state index contributed by atoms with van der Waals surface area (Å²) in [5, 5.41) is 13.1. The van der Waals surface area contributed by atoms with E-state index < -0.39 is 17.8 Å². The standard InChI is InChI=1S/C26H30F4N2O4/c27-20-6-4-17(5-7-20)12-31-25(34)11-22-8-9-23-24(36-22)16-35-15-21(33)14-32(23)13-18-2-1-3-19(10-18)26(28,29)30/h1-7,10,21-24,33H,8-9,11-16H2,(H,31,34)/t21-,22+,23+,24-/m1/s1. The van der Waals surface area contributed by atoms with Crippen LogP contribution in [0.25, 0.3) is 0 Å². The van der Waals surface area contributed by atoms with Crippen molar-refractivity contribution in [3.05, 3.63) is 71.0 Å². The molecular formula is C26H30F4N2O4. The fourth-order valence-electron chi connectivity index (χ4n) is 4.79. The second-order valence-corrected chi connectivity index (χ2v) is 9.37. The molecule has 2 aromatic rings. The number of fused-ring (bicyclic) bond motifs is 1. The lowest BCUT2D eigenvalue weighted by molar-refractivity contribution is -0.158. The maximum absolute atomic E-state index is 13.2. The largest absolute Gasteiger partial charge is 0.416 e. The normalized spacial score (nSPS) is 25.5. The number of ether oxygens (including phenoxy) is 2. The number of alkyl halides is 3. The van der Waals surface area contributed by atoms with Gasteiger partial charge in [-0.25, -0.2) is 4.39 Å². The van der Waals surface area contributed by atoms with Crippen LogP contribution in [-0.2, 0) is 33.5 Å². The van der Waals surface area contributed by atoms with Crippen molar-refractivity contribution in [3.8, 4) is 0 Å². The van der Waals surface area contributed by atoms with E-state index >= 15 is 0 Å². The van der Waals surface area contributed by atoms with Crippen molar-refractivity contribution >= 4 is 5.91 Å². The molecule has 0 unspecified atom stereocenters. The van der Waals surface area contributed by atoms with Crippen molar-refractivity contribution in [1.82, 2.24) is 10.2 Å². The third-order valence-electron chi connectivity index (χ3n) is 6.54. The summed E-state index contributed by atoms with van der Waals surface area (Å²) in [5.41, 5.74) is 0.574. The number of carbonyl (C=O) groups is 1. The zero-order chi connectivity index (χ0) is 25.7. The molecule has 10 heteroatoms. The van der Waals surface area contributed by atoms with Gasteiger partial charge < -0.3 is 19.9 Å². The van der Waals surface area contributed by atoms with E-state index in [2.05, 4.69) is 5.32 Å². The van der Waals surface area contributed by atoms with Crippen LogP contribution in [0.5, 0.6) is 0 Å². The summed E-state index contributed by atoms with van der Waals surface area (Å²) in [7, 11) is 0. The van der Waals surface area contributed by atoms with E-state index in [1.165, 1.54) is 18.2 Å². The van der Waals surface area contributed by atoms with Crippen LogP contribution >= 0.6 is 0 Å². The van der Waals surface area contributed by atoms with Gasteiger partial charge in [0.15, 0.2) is 0 Å². The zero-order valence-electron chi connectivity index (χ0n) is 19.7. The minimum atomic E-state index is -4.43. The molecule has 0 saturated carbocycles. The molecular weight excluding hydrogens is 480 g/mol. The summed E-state index contributed by atoms with van der Waals surface area (Å²) < 4.78 is 64.4. The predicted octanol–water partition coefficient (Wildman–Crippen LogP) is 3.66. The fraction of sp³-hybridized carbons (Fsp3) is 0.500. The predicted molar refractivity (Wildman–Crippen MR) is 123 cm³/mol.